The van der Waals surface area contributed by atoms with E-state index in [0.717, 1.165) is 42.6 Å². The molecular formula is C19H23N5O. The van der Waals surface area contributed by atoms with Crippen molar-refractivity contribution in [2.75, 3.05) is 18.5 Å². The number of carbonyl (C=O) groups excluding carboxylic acids is 1. The average Bonchev–Trinajstić information content (AvgIpc) is 3.16. The normalized spacial score (nSPS) is 19.1. The maximum atomic E-state index is 13.0. The monoisotopic (exact) mass is 337 g/mol. The highest BCUT2D eigenvalue weighted by molar-refractivity contribution is 6.17. The summed E-state index contributed by atoms with van der Waals surface area (Å²) >= 11 is 0. The predicted molar refractivity (Wildman–Crippen MR) is 98.1 cm³/mol. The van der Waals surface area contributed by atoms with Crippen LogP contribution in [0.25, 0.3) is 0 Å². The number of amides is 1. The van der Waals surface area contributed by atoms with Crippen molar-refractivity contribution < 1.29 is 4.79 Å². The molecule has 0 aliphatic carbocycles. The molecule has 0 fully saturated rings. The Morgan fingerprint density at radius 3 is 2.72 bits per heavy atom. The lowest BCUT2D eigenvalue weighted by Crippen LogP contribution is -2.48. The number of hydrogen-bond donors (Lipinski definition) is 0. The summed E-state index contributed by atoms with van der Waals surface area (Å²) < 4.78 is 2.02. The third kappa shape index (κ3) is 2.52. The topological polar surface area (TPSA) is 53.7 Å². The molecule has 1 amide bonds. The summed E-state index contributed by atoms with van der Waals surface area (Å²) in [6.45, 7) is 5.57. The van der Waals surface area contributed by atoms with Crippen molar-refractivity contribution in [3.63, 3.8) is 0 Å². The van der Waals surface area contributed by atoms with E-state index >= 15 is 0 Å². The van der Waals surface area contributed by atoms with E-state index in [2.05, 4.69) is 24.0 Å². The lowest BCUT2D eigenvalue weighted by Gasteiger charge is -2.31. The minimum absolute atomic E-state index is 0.0290. The minimum Gasteiger partial charge on any atom is -0.318 e. The molecule has 0 radical (unpaired) electrons. The molecule has 1 aromatic heterocycles. The Hall–Kier alpha value is -2.63. The van der Waals surface area contributed by atoms with Gasteiger partial charge < -0.3 is 4.57 Å². The molecule has 0 saturated carbocycles. The van der Waals surface area contributed by atoms with E-state index in [0.29, 0.717) is 12.2 Å². The van der Waals surface area contributed by atoms with Crippen molar-refractivity contribution in [1.82, 2.24) is 14.5 Å². The number of aromatic nitrogens is 2. The van der Waals surface area contributed by atoms with E-state index in [1.807, 2.05) is 29.7 Å². The summed E-state index contributed by atoms with van der Waals surface area (Å²) in [6, 6.07) is 10.4. The second kappa shape index (κ2) is 6.02. The standard InChI is InChI=1S/C19H23N5O/c1-4-8-15-12-24-17-16(18(25)22(3)19(24)21-15)23(13(2)20-17)11-14-9-6-5-7-10-14/h5-7,9-10,15H,4,8,11-12H2,1-3H3/t15-/m0/s1. The summed E-state index contributed by atoms with van der Waals surface area (Å²) in [4.78, 5) is 26.3. The van der Waals surface area contributed by atoms with Gasteiger partial charge in [0, 0.05) is 13.6 Å². The Bertz CT molecular complexity index is 839. The molecule has 6 nitrogen and oxygen atoms in total. The fourth-order valence-electron chi connectivity index (χ4n) is 3.66. The van der Waals surface area contributed by atoms with E-state index in [1.165, 1.54) is 0 Å². The van der Waals surface area contributed by atoms with Crippen LogP contribution in [0.3, 0.4) is 0 Å². The second-order valence-electron chi connectivity index (χ2n) is 6.75. The van der Waals surface area contributed by atoms with Gasteiger partial charge in [-0.15, -0.1) is 0 Å². The first-order chi connectivity index (χ1) is 12.1. The molecule has 1 aromatic carbocycles. The number of benzene rings is 1. The van der Waals surface area contributed by atoms with Gasteiger partial charge >= 0.3 is 0 Å². The molecule has 6 heteroatoms. The van der Waals surface area contributed by atoms with Crippen molar-refractivity contribution in [3.8, 4) is 0 Å². The highest BCUT2D eigenvalue weighted by Crippen LogP contribution is 2.32. The van der Waals surface area contributed by atoms with Crippen LogP contribution in [0.2, 0.25) is 0 Å². The number of rotatable bonds is 4. The molecule has 130 valence electrons. The van der Waals surface area contributed by atoms with Crippen LogP contribution < -0.4 is 4.90 Å². The summed E-state index contributed by atoms with van der Waals surface area (Å²) in [6.07, 6.45) is 2.11. The van der Waals surface area contributed by atoms with Crippen LogP contribution in [-0.4, -0.2) is 46.0 Å². The molecule has 1 atom stereocenters. The van der Waals surface area contributed by atoms with Crippen LogP contribution in [0.1, 0.15) is 41.6 Å². The fraction of sp³-hybridized carbons (Fsp3) is 0.421. The zero-order chi connectivity index (χ0) is 17.6. The first kappa shape index (κ1) is 15.9. The van der Waals surface area contributed by atoms with E-state index in [9.17, 15) is 4.79 Å². The molecule has 25 heavy (non-hydrogen) atoms. The van der Waals surface area contributed by atoms with Crippen LogP contribution in [0.15, 0.2) is 35.3 Å². The zero-order valence-electron chi connectivity index (χ0n) is 14.9. The van der Waals surface area contributed by atoms with Crippen LogP contribution in [0, 0.1) is 6.92 Å². The predicted octanol–water partition coefficient (Wildman–Crippen LogP) is 2.67. The molecule has 2 aromatic rings. The Labute approximate surface area is 147 Å². The maximum absolute atomic E-state index is 13.0. The molecule has 3 heterocycles. The number of hydrogen-bond acceptors (Lipinski definition) is 4. The molecule has 0 N–H and O–H groups in total. The van der Waals surface area contributed by atoms with Gasteiger partial charge in [-0.25, -0.2) is 9.98 Å². The highest BCUT2D eigenvalue weighted by Gasteiger charge is 2.41. The molecular weight excluding hydrogens is 314 g/mol. The molecule has 2 aliphatic heterocycles. The van der Waals surface area contributed by atoms with Gasteiger partial charge in [0.25, 0.3) is 5.91 Å². The largest absolute Gasteiger partial charge is 0.318 e. The van der Waals surface area contributed by atoms with Crippen molar-refractivity contribution in [3.05, 3.63) is 47.4 Å². The molecule has 0 saturated heterocycles. The smallest absolute Gasteiger partial charge is 0.280 e. The summed E-state index contributed by atoms with van der Waals surface area (Å²) in [5, 5.41) is 0. The van der Waals surface area contributed by atoms with E-state index in [-0.39, 0.29) is 11.9 Å². The number of aliphatic imine (C=N–C) groups is 1. The summed E-state index contributed by atoms with van der Waals surface area (Å²) in [5.74, 6) is 2.32. The number of anilines is 1. The van der Waals surface area contributed by atoms with Crippen LogP contribution in [0.5, 0.6) is 0 Å². The molecule has 0 spiro atoms. The van der Waals surface area contributed by atoms with Gasteiger partial charge in [-0.3, -0.25) is 14.6 Å². The Morgan fingerprint density at radius 1 is 1.24 bits per heavy atom. The number of fused-ring (bicyclic) bond motifs is 3. The van der Waals surface area contributed by atoms with E-state index < -0.39 is 0 Å². The second-order valence-corrected chi connectivity index (χ2v) is 6.75. The lowest BCUT2D eigenvalue weighted by atomic mass is 10.2. The van der Waals surface area contributed by atoms with Gasteiger partial charge in [0.1, 0.15) is 5.82 Å². The van der Waals surface area contributed by atoms with Crippen molar-refractivity contribution >= 4 is 17.7 Å². The molecule has 4 rings (SSSR count). The van der Waals surface area contributed by atoms with E-state index in [1.54, 1.807) is 11.9 Å². The Balaban J connectivity index is 1.75. The average molecular weight is 337 g/mol. The number of imidazole rings is 1. The van der Waals surface area contributed by atoms with Crippen molar-refractivity contribution in [1.29, 1.82) is 0 Å². The first-order valence-corrected chi connectivity index (χ1v) is 8.84. The quantitative estimate of drug-likeness (QED) is 0.862. The number of nitrogens with zero attached hydrogens (tertiary/aromatic N) is 5. The summed E-state index contributed by atoms with van der Waals surface area (Å²) in [5.41, 5.74) is 1.82. The van der Waals surface area contributed by atoms with Gasteiger partial charge in [-0.05, 0) is 18.9 Å². The third-order valence-electron chi connectivity index (χ3n) is 4.94. The zero-order valence-corrected chi connectivity index (χ0v) is 14.9. The number of guanidine groups is 1. The van der Waals surface area contributed by atoms with Crippen molar-refractivity contribution in [2.45, 2.75) is 39.3 Å². The third-order valence-corrected chi connectivity index (χ3v) is 4.94. The number of aryl methyl sites for hydroxylation is 1. The lowest BCUT2D eigenvalue weighted by molar-refractivity contribution is 0.0855. The van der Waals surface area contributed by atoms with Gasteiger partial charge in [-0.1, -0.05) is 43.7 Å². The molecule has 2 aliphatic rings. The maximum Gasteiger partial charge on any atom is 0.280 e. The number of carbonyl (C=O) groups is 1. The van der Waals surface area contributed by atoms with Gasteiger partial charge in [-0.2, -0.15) is 0 Å². The van der Waals surface area contributed by atoms with Crippen LogP contribution in [0.4, 0.5) is 5.82 Å². The minimum atomic E-state index is -0.0290. The molecule has 0 unspecified atom stereocenters. The van der Waals surface area contributed by atoms with Gasteiger partial charge in [0.05, 0.1) is 12.6 Å². The van der Waals surface area contributed by atoms with Gasteiger partial charge in [0.2, 0.25) is 5.96 Å². The first-order valence-electron chi connectivity index (χ1n) is 8.84. The van der Waals surface area contributed by atoms with Gasteiger partial charge in [0.15, 0.2) is 11.5 Å². The summed E-state index contributed by atoms with van der Waals surface area (Å²) in [7, 11) is 1.81. The Morgan fingerprint density at radius 2 is 2.00 bits per heavy atom. The Kier molecular flexibility index (Phi) is 3.82. The fourth-order valence-corrected chi connectivity index (χ4v) is 3.66. The van der Waals surface area contributed by atoms with Crippen LogP contribution in [-0.2, 0) is 6.54 Å². The molecule has 0 bridgehead atoms. The highest BCUT2D eigenvalue weighted by atomic mass is 16.2. The van der Waals surface area contributed by atoms with Crippen LogP contribution >= 0.6 is 0 Å². The van der Waals surface area contributed by atoms with E-state index in [4.69, 9.17) is 9.98 Å². The SMILES string of the molecule is CCC[C@H]1CN2C(=N1)N(C)C(=O)c1c2nc(C)n1Cc1ccccc1. The van der Waals surface area contributed by atoms with Crippen molar-refractivity contribution in [2.24, 2.45) is 4.99 Å².